The van der Waals surface area contributed by atoms with Crippen LogP contribution in [0.4, 0.5) is 4.79 Å². The van der Waals surface area contributed by atoms with Gasteiger partial charge < -0.3 is 14.2 Å². The van der Waals surface area contributed by atoms with E-state index in [4.69, 9.17) is 9.47 Å². The Hall–Kier alpha value is -2.04. The fourth-order valence-electron chi connectivity index (χ4n) is 1.62. The quantitative estimate of drug-likeness (QED) is 0.447. The molecule has 2 rings (SSSR count). The van der Waals surface area contributed by atoms with Gasteiger partial charge in [-0.1, -0.05) is 6.07 Å². The molecule has 17 heavy (non-hydrogen) atoms. The van der Waals surface area contributed by atoms with Crippen LogP contribution in [0.15, 0.2) is 18.2 Å². The van der Waals surface area contributed by atoms with Crippen molar-refractivity contribution >= 4 is 12.1 Å². The third-order valence-corrected chi connectivity index (χ3v) is 2.35. The second kappa shape index (κ2) is 4.86. The van der Waals surface area contributed by atoms with E-state index in [1.807, 2.05) is 0 Å². The number of benzene rings is 1. The molecule has 1 heterocycles. The van der Waals surface area contributed by atoms with E-state index in [0.29, 0.717) is 17.9 Å². The monoisotopic (exact) mass is 236 g/mol. The molecule has 0 N–H and O–H groups in total. The highest BCUT2D eigenvalue weighted by Gasteiger charge is 2.21. The molecule has 0 radical (unpaired) electrons. The lowest BCUT2D eigenvalue weighted by Gasteiger charge is -2.17. The molecule has 1 aliphatic rings. The first-order valence-corrected chi connectivity index (χ1v) is 5.38. The van der Waals surface area contributed by atoms with Crippen molar-refractivity contribution in [1.82, 2.24) is 0 Å². The molecule has 0 amide bonds. The van der Waals surface area contributed by atoms with Crippen molar-refractivity contribution in [1.29, 1.82) is 0 Å². The van der Waals surface area contributed by atoms with E-state index in [1.165, 1.54) is 0 Å². The molecular formula is C12H12O5. The molecule has 0 aromatic heterocycles. The highest BCUT2D eigenvalue weighted by atomic mass is 16.7. The molecule has 0 atom stereocenters. The Balaban J connectivity index is 2.21. The SMILES string of the molecule is CCOC(=O)Oc1cccc2c1CCC(=O)O2. The topological polar surface area (TPSA) is 61.8 Å². The Labute approximate surface area is 98.3 Å². The molecule has 0 fully saturated rings. The smallest absolute Gasteiger partial charge is 0.434 e. The van der Waals surface area contributed by atoms with Crippen molar-refractivity contribution in [3.05, 3.63) is 23.8 Å². The van der Waals surface area contributed by atoms with Gasteiger partial charge in [-0.2, -0.15) is 0 Å². The molecule has 90 valence electrons. The fourth-order valence-corrected chi connectivity index (χ4v) is 1.62. The summed E-state index contributed by atoms with van der Waals surface area (Å²) in [4.78, 5) is 22.3. The summed E-state index contributed by atoms with van der Waals surface area (Å²) in [5.41, 5.74) is 0.722. The highest BCUT2D eigenvalue weighted by Crippen LogP contribution is 2.33. The van der Waals surface area contributed by atoms with Gasteiger partial charge in [-0.05, 0) is 25.5 Å². The first-order valence-electron chi connectivity index (χ1n) is 5.38. The van der Waals surface area contributed by atoms with Crippen molar-refractivity contribution in [2.75, 3.05) is 6.61 Å². The lowest BCUT2D eigenvalue weighted by atomic mass is 10.1. The number of ether oxygens (including phenoxy) is 3. The number of carbonyl (C=O) groups excluding carboxylic acids is 2. The van der Waals surface area contributed by atoms with Crippen LogP contribution in [0.1, 0.15) is 18.9 Å². The third kappa shape index (κ3) is 2.55. The maximum atomic E-state index is 11.2. The van der Waals surface area contributed by atoms with Gasteiger partial charge >= 0.3 is 12.1 Å². The van der Waals surface area contributed by atoms with E-state index in [9.17, 15) is 9.59 Å². The molecule has 5 nitrogen and oxygen atoms in total. The van der Waals surface area contributed by atoms with Gasteiger partial charge in [0.2, 0.25) is 0 Å². The summed E-state index contributed by atoms with van der Waals surface area (Å²) >= 11 is 0. The second-order valence-corrected chi connectivity index (χ2v) is 3.49. The molecule has 5 heteroatoms. The van der Waals surface area contributed by atoms with Crippen LogP contribution in [0.5, 0.6) is 11.5 Å². The van der Waals surface area contributed by atoms with Crippen molar-refractivity contribution < 1.29 is 23.8 Å². The molecule has 0 saturated carbocycles. The normalized spacial score (nSPS) is 13.6. The van der Waals surface area contributed by atoms with E-state index in [2.05, 4.69) is 4.74 Å². The average molecular weight is 236 g/mol. The van der Waals surface area contributed by atoms with E-state index >= 15 is 0 Å². The van der Waals surface area contributed by atoms with E-state index in [1.54, 1.807) is 25.1 Å². The number of carbonyl (C=O) groups is 2. The van der Waals surface area contributed by atoms with Gasteiger partial charge in [0, 0.05) is 5.56 Å². The van der Waals surface area contributed by atoms with E-state index in [0.717, 1.165) is 5.56 Å². The fraction of sp³-hybridized carbons (Fsp3) is 0.333. The molecule has 0 aliphatic carbocycles. The second-order valence-electron chi connectivity index (χ2n) is 3.49. The Bertz CT molecular complexity index is 452. The van der Waals surface area contributed by atoms with Gasteiger partial charge in [0.15, 0.2) is 0 Å². The van der Waals surface area contributed by atoms with Crippen molar-refractivity contribution in [3.8, 4) is 11.5 Å². The van der Waals surface area contributed by atoms with E-state index in [-0.39, 0.29) is 19.0 Å². The largest absolute Gasteiger partial charge is 0.513 e. The molecule has 1 aromatic rings. The first kappa shape index (κ1) is 11.4. The maximum Gasteiger partial charge on any atom is 0.513 e. The van der Waals surface area contributed by atoms with Crippen molar-refractivity contribution in [2.24, 2.45) is 0 Å². The van der Waals surface area contributed by atoms with Crippen LogP contribution in [0.25, 0.3) is 0 Å². The highest BCUT2D eigenvalue weighted by molar-refractivity contribution is 5.76. The van der Waals surface area contributed by atoms with Crippen LogP contribution in [0.2, 0.25) is 0 Å². The molecule has 0 bridgehead atoms. The Morgan fingerprint density at radius 3 is 3.00 bits per heavy atom. The van der Waals surface area contributed by atoms with E-state index < -0.39 is 6.16 Å². The predicted octanol–water partition coefficient (Wildman–Crippen LogP) is 2.07. The predicted molar refractivity (Wildman–Crippen MR) is 58.0 cm³/mol. The molecular weight excluding hydrogens is 224 g/mol. The minimum Gasteiger partial charge on any atom is -0.434 e. The summed E-state index contributed by atoms with van der Waals surface area (Å²) in [5.74, 6) is 0.558. The summed E-state index contributed by atoms with van der Waals surface area (Å²) in [6, 6.07) is 4.98. The van der Waals surface area contributed by atoms with Crippen LogP contribution in [-0.2, 0) is 16.0 Å². The van der Waals surface area contributed by atoms with Gasteiger partial charge in [-0.3, -0.25) is 4.79 Å². The zero-order valence-corrected chi connectivity index (χ0v) is 9.39. The first-order chi connectivity index (χ1) is 8.20. The van der Waals surface area contributed by atoms with Crippen LogP contribution in [0, 0.1) is 0 Å². The Morgan fingerprint density at radius 2 is 2.24 bits per heavy atom. The minimum absolute atomic E-state index is 0.253. The lowest BCUT2D eigenvalue weighted by molar-refractivity contribution is -0.135. The summed E-state index contributed by atoms with van der Waals surface area (Å²) < 4.78 is 14.8. The van der Waals surface area contributed by atoms with Gasteiger partial charge in [0.1, 0.15) is 11.5 Å². The maximum absolute atomic E-state index is 11.2. The summed E-state index contributed by atoms with van der Waals surface area (Å²) in [5, 5.41) is 0. The molecule has 1 aliphatic heterocycles. The van der Waals surface area contributed by atoms with Crippen molar-refractivity contribution in [2.45, 2.75) is 19.8 Å². The zero-order chi connectivity index (χ0) is 12.3. The molecule has 0 saturated heterocycles. The van der Waals surface area contributed by atoms with Gasteiger partial charge in [-0.15, -0.1) is 0 Å². The van der Waals surface area contributed by atoms with Gasteiger partial charge in [0.05, 0.1) is 13.0 Å². The Kier molecular flexibility index (Phi) is 3.27. The lowest BCUT2D eigenvalue weighted by Crippen LogP contribution is -2.18. The molecule has 1 aromatic carbocycles. The number of fused-ring (bicyclic) bond motifs is 1. The standard InChI is InChI=1S/C12H12O5/c1-2-15-12(14)17-10-5-3-4-9-8(10)6-7-11(13)16-9/h3-5H,2,6-7H2,1H3. The van der Waals surface area contributed by atoms with Crippen LogP contribution in [-0.4, -0.2) is 18.7 Å². The number of hydrogen-bond acceptors (Lipinski definition) is 5. The van der Waals surface area contributed by atoms with Crippen molar-refractivity contribution in [3.63, 3.8) is 0 Å². The minimum atomic E-state index is -0.752. The van der Waals surface area contributed by atoms with Crippen LogP contribution >= 0.6 is 0 Å². The number of hydrogen-bond donors (Lipinski definition) is 0. The average Bonchev–Trinajstić information content (AvgIpc) is 2.29. The summed E-state index contributed by atoms with van der Waals surface area (Å²) in [6.07, 6.45) is 0.0396. The number of esters is 1. The molecule has 0 unspecified atom stereocenters. The van der Waals surface area contributed by atoms with Crippen LogP contribution in [0.3, 0.4) is 0 Å². The molecule has 0 spiro atoms. The Morgan fingerprint density at radius 1 is 1.41 bits per heavy atom. The number of rotatable bonds is 2. The van der Waals surface area contributed by atoms with Gasteiger partial charge in [0.25, 0.3) is 0 Å². The van der Waals surface area contributed by atoms with Crippen LogP contribution < -0.4 is 9.47 Å². The van der Waals surface area contributed by atoms with Gasteiger partial charge in [-0.25, -0.2) is 4.79 Å². The zero-order valence-electron chi connectivity index (χ0n) is 9.39. The third-order valence-electron chi connectivity index (χ3n) is 2.35. The summed E-state index contributed by atoms with van der Waals surface area (Å²) in [7, 11) is 0. The summed E-state index contributed by atoms with van der Waals surface area (Å²) in [6.45, 7) is 1.95.